The van der Waals surface area contributed by atoms with Crippen LogP contribution in [-0.2, 0) is 10.3 Å². The highest BCUT2D eigenvalue weighted by molar-refractivity contribution is 5.80. The third-order valence-corrected chi connectivity index (χ3v) is 3.60. The van der Waals surface area contributed by atoms with Crippen LogP contribution in [-0.4, -0.2) is 35.1 Å². The van der Waals surface area contributed by atoms with E-state index >= 15 is 0 Å². The number of allylic oxidation sites excluding steroid dienone is 1. The monoisotopic (exact) mass is 329 g/mol. The summed E-state index contributed by atoms with van der Waals surface area (Å²) in [5.41, 5.74) is 2.07. The number of carbonyl (C=O) groups is 2. The Bertz CT molecular complexity index is 674. The Kier molecular flexibility index (Phi) is 6.54. The van der Waals surface area contributed by atoms with Crippen LogP contribution in [0.2, 0.25) is 0 Å². The van der Waals surface area contributed by atoms with E-state index in [0.29, 0.717) is 0 Å². The van der Waals surface area contributed by atoms with E-state index in [1.807, 2.05) is 51.1 Å². The highest BCUT2D eigenvalue weighted by Crippen LogP contribution is 2.23. The molecule has 2 N–H and O–H groups in total. The van der Waals surface area contributed by atoms with Gasteiger partial charge in [-0.1, -0.05) is 30.4 Å². The zero-order chi connectivity index (χ0) is 18.3. The molecule has 128 valence electrons. The third-order valence-electron chi connectivity index (χ3n) is 3.60. The molecular formula is C18H23N3O3. The molecule has 2 amide bonds. The number of nitrogens with one attached hydrogen (secondary N) is 1. The van der Waals surface area contributed by atoms with E-state index in [4.69, 9.17) is 10.4 Å². The van der Waals surface area contributed by atoms with Crippen LogP contribution < -0.4 is 5.32 Å². The summed E-state index contributed by atoms with van der Waals surface area (Å²) >= 11 is 0. The summed E-state index contributed by atoms with van der Waals surface area (Å²) in [7, 11) is 0. The molecule has 0 spiro atoms. The maximum absolute atomic E-state index is 12.4. The predicted molar refractivity (Wildman–Crippen MR) is 92.1 cm³/mol. The largest absolute Gasteiger partial charge is 0.480 e. The predicted octanol–water partition coefficient (Wildman–Crippen LogP) is 2.96. The van der Waals surface area contributed by atoms with Crippen molar-refractivity contribution in [3.8, 4) is 6.07 Å². The van der Waals surface area contributed by atoms with E-state index in [1.54, 1.807) is 0 Å². The molecule has 24 heavy (non-hydrogen) atoms. The normalized spacial score (nSPS) is 10.6. The van der Waals surface area contributed by atoms with Crippen LogP contribution in [0.15, 0.2) is 30.8 Å². The number of carboxylic acid groups (broad SMARTS) is 1. The number of carboxylic acids is 1. The van der Waals surface area contributed by atoms with Gasteiger partial charge in [0, 0.05) is 6.54 Å². The summed E-state index contributed by atoms with van der Waals surface area (Å²) in [6.45, 7) is 9.11. The fourth-order valence-electron chi connectivity index (χ4n) is 2.19. The van der Waals surface area contributed by atoms with Gasteiger partial charge in [0.1, 0.15) is 6.54 Å². The molecule has 0 heterocycles. The molecule has 0 aromatic heterocycles. The summed E-state index contributed by atoms with van der Waals surface area (Å²) in [4.78, 5) is 24.5. The number of rotatable bonds is 7. The Balaban J connectivity index is 2.96. The summed E-state index contributed by atoms with van der Waals surface area (Å²) in [5, 5.41) is 20.4. The summed E-state index contributed by atoms with van der Waals surface area (Å²) < 4.78 is 0. The van der Waals surface area contributed by atoms with Gasteiger partial charge in [-0.05, 0) is 38.0 Å². The van der Waals surface area contributed by atoms with E-state index in [1.165, 1.54) is 0 Å². The second kappa shape index (κ2) is 8.16. The standard InChI is InChI=1S/C18H23N3O3/c1-13(2)14-7-5-8-15(11-14)18(3,4)20-17(24)21(10-6-9-19)12-16(22)23/h5,7-8,11H,1,6,10,12H2,2-4H3,(H,20,24)(H,22,23). The molecule has 0 bridgehead atoms. The van der Waals surface area contributed by atoms with Gasteiger partial charge in [-0.3, -0.25) is 4.79 Å². The molecule has 0 radical (unpaired) electrons. The fraction of sp³-hybridized carbons (Fsp3) is 0.389. The van der Waals surface area contributed by atoms with Crippen molar-refractivity contribution in [2.24, 2.45) is 0 Å². The van der Waals surface area contributed by atoms with Crippen molar-refractivity contribution in [2.75, 3.05) is 13.1 Å². The maximum Gasteiger partial charge on any atom is 0.323 e. The summed E-state index contributed by atoms with van der Waals surface area (Å²) in [6, 6.07) is 9.06. The van der Waals surface area contributed by atoms with Gasteiger partial charge < -0.3 is 15.3 Å². The van der Waals surface area contributed by atoms with E-state index in [0.717, 1.165) is 21.6 Å². The van der Waals surface area contributed by atoms with Gasteiger partial charge in [0.15, 0.2) is 0 Å². The van der Waals surface area contributed by atoms with Crippen molar-refractivity contribution in [1.29, 1.82) is 5.26 Å². The number of amides is 2. The quantitative estimate of drug-likeness (QED) is 0.804. The van der Waals surface area contributed by atoms with Crippen LogP contribution in [0, 0.1) is 11.3 Å². The molecule has 1 aromatic rings. The number of hydrogen-bond donors (Lipinski definition) is 2. The topological polar surface area (TPSA) is 93.4 Å². The van der Waals surface area contributed by atoms with Crippen molar-refractivity contribution in [3.05, 3.63) is 42.0 Å². The van der Waals surface area contributed by atoms with Gasteiger partial charge in [0.2, 0.25) is 0 Å². The van der Waals surface area contributed by atoms with E-state index in [9.17, 15) is 9.59 Å². The number of urea groups is 1. The second-order valence-corrected chi connectivity index (χ2v) is 6.14. The Labute approximate surface area is 142 Å². The number of nitrogens with zero attached hydrogens (tertiary/aromatic N) is 2. The highest BCUT2D eigenvalue weighted by Gasteiger charge is 2.26. The van der Waals surface area contributed by atoms with Crippen LogP contribution in [0.5, 0.6) is 0 Å². The van der Waals surface area contributed by atoms with Gasteiger partial charge >= 0.3 is 12.0 Å². The molecule has 0 saturated carbocycles. The molecular weight excluding hydrogens is 306 g/mol. The van der Waals surface area contributed by atoms with Crippen LogP contribution in [0.3, 0.4) is 0 Å². The Morgan fingerprint density at radius 1 is 1.42 bits per heavy atom. The molecule has 0 aliphatic carbocycles. The minimum Gasteiger partial charge on any atom is -0.480 e. The van der Waals surface area contributed by atoms with Gasteiger partial charge in [0.05, 0.1) is 18.0 Å². The first-order chi connectivity index (χ1) is 11.2. The molecule has 1 rings (SSSR count). The van der Waals surface area contributed by atoms with Crippen LogP contribution >= 0.6 is 0 Å². The minimum atomic E-state index is -1.12. The average molecular weight is 329 g/mol. The van der Waals surface area contributed by atoms with Gasteiger partial charge in [-0.25, -0.2) is 4.79 Å². The number of hydrogen-bond acceptors (Lipinski definition) is 3. The lowest BCUT2D eigenvalue weighted by atomic mass is 9.92. The third kappa shape index (κ3) is 5.43. The first-order valence-electron chi connectivity index (χ1n) is 7.59. The van der Waals surface area contributed by atoms with Crippen LogP contribution in [0.4, 0.5) is 4.79 Å². The van der Waals surface area contributed by atoms with Crippen molar-refractivity contribution in [1.82, 2.24) is 10.2 Å². The molecule has 0 saturated heterocycles. The van der Waals surface area contributed by atoms with Gasteiger partial charge in [-0.15, -0.1) is 0 Å². The molecule has 0 aliphatic rings. The number of aliphatic carboxylic acids is 1. The Morgan fingerprint density at radius 3 is 2.62 bits per heavy atom. The van der Waals surface area contributed by atoms with E-state index in [2.05, 4.69) is 11.9 Å². The van der Waals surface area contributed by atoms with Gasteiger partial charge in [0.25, 0.3) is 0 Å². The lowest BCUT2D eigenvalue weighted by Gasteiger charge is -2.31. The summed E-state index contributed by atoms with van der Waals surface area (Å²) in [5.74, 6) is -1.12. The molecule has 6 nitrogen and oxygen atoms in total. The molecule has 0 fully saturated rings. The SMILES string of the molecule is C=C(C)c1cccc(C(C)(C)NC(=O)N(CCC#N)CC(=O)O)c1. The number of benzene rings is 1. The maximum atomic E-state index is 12.4. The molecule has 6 heteroatoms. The highest BCUT2D eigenvalue weighted by atomic mass is 16.4. The molecule has 0 atom stereocenters. The first kappa shape index (κ1) is 19.2. The minimum absolute atomic E-state index is 0.0660. The van der Waals surface area contributed by atoms with E-state index < -0.39 is 24.1 Å². The van der Waals surface area contributed by atoms with Crippen molar-refractivity contribution >= 4 is 17.6 Å². The lowest BCUT2D eigenvalue weighted by molar-refractivity contribution is -0.137. The lowest BCUT2D eigenvalue weighted by Crippen LogP contribution is -2.50. The Morgan fingerprint density at radius 2 is 2.08 bits per heavy atom. The zero-order valence-corrected chi connectivity index (χ0v) is 14.3. The smallest absolute Gasteiger partial charge is 0.323 e. The van der Waals surface area contributed by atoms with Crippen LogP contribution in [0.1, 0.15) is 38.3 Å². The average Bonchev–Trinajstić information content (AvgIpc) is 2.50. The van der Waals surface area contributed by atoms with Gasteiger partial charge in [-0.2, -0.15) is 5.26 Å². The summed E-state index contributed by atoms with van der Waals surface area (Å²) in [6.07, 6.45) is 0.0757. The number of nitriles is 1. The zero-order valence-electron chi connectivity index (χ0n) is 14.3. The fourth-order valence-corrected chi connectivity index (χ4v) is 2.19. The Hall–Kier alpha value is -2.81. The van der Waals surface area contributed by atoms with Crippen molar-refractivity contribution in [2.45, 2.75) is 32.7 Å². The van der Waals surface area contributed by atoms with Crippen LogP contribution in [0.25, 0.3) is 5.57 Å². The molecule has 1 aromatic carbocycles. The second-order valence-electron chi connectivity index (χ2n) is 6.14. The van der Waals surface area contributed by atoms with E-state index in [-0.39, 0.29) is 13.0 Å². The number of carbonyl (C=O) groups excluding carboxylic acids is 1. The first-order valence-corrected chi connectivity index (χ1v) is 7.59. The molecule has 0 unspecified atom stereocenters. The molecule has 0 aliphatic heterocycles. The van der Waals surface area contributed by atoms with Crippen molar-refractivity contribution < 1.29 is 14.7 Å². The van der Waals surface area contributed by atoms with Crippen molar-refractivity contribution in [3.63, 3.8) is 0 Å².